The molecule has 0 saturated heterocycles. The van der Waals surface area contributed by atoms with Gasteiger partial charge in [0, 0.05) is 20.1 Å². The quantitative estimate of drug-likeness (QED) is 0.891. The van der Waals surface area contributed by atoms with E-state index in [0.29, 0.717) is 12.8 Å². The van der Waals surface area contributed by atoms with Gasteiger partial charge in [0.25, 0.3) is 5.56 Å². The number of hydrogen-bond acceptors (Lipinski definition) is 4. The minimum atomic E-state index is -4.27. The Kier molecular flexibility index (Phi) is 4.54. The third kappa shape index (κ3) is 3.25. The Morgan fingerprint density at radius 1 is 1.22 bits per heavy atom. The number of alkyl halides is 3. The summed E-state index contributed by atoms with van der Waals surface area (Å²) in [4.78, 5) is 23.9. The van der Waals surface area contributed by atoms with Crippen molar-refractivity contribution < 1.29 is 13.2 Å². The van der Waals surface area contributed by atoms with Gasteiger partial charge in [-0.25, -0.2) is 4.79 Å². The monoisotopic (exact) mass is 330 g/mol. The number of rotatable bonds is 2. The maximum absolute atomic E-state index is 12.9. The van der Waals surface area contributed by atoms with Gasteiger partial charge in [-0.2, -0.15) is 18.4 Å². The zero-order valence-corrected chi connectivity index (χ0v) is 12.8. The lowest BCUT2D eigenvalue weighted by molar-refractivity contribution is -0.182. The van der Waals surface area contributed by atoms with Gasteiger partial charge in [0.15, 0.2) is 5.56 Å². The summed E-state index contributed by atoms with van der Waals surface area (Å²) >= 11 is 0. The summed E-state index contributed by atoms with van der Waals surface area (Å²) in [7, 11) is 2.62. The second kappa shape index (κ2) is 6.10. The maximum atomic E-state index is 12.9. The van der Waals surface area contributed by atoms with E-state index in [1.54, 1.807) is 6.07 Å². The predicted octanol–water partition coefficient (Wildman–Crippen LogP) is 1.49. The van der Waals surface area contributed by atoms with E-state index in [9.17, 15) is 22.8 Å². The summed E-state index contributed by atoms with van der Waals surface area (Å²) in [6.07, 6.45) is -3.46. The fraction of sp³-hybridized carbons (Fsp3) is 0.643. The molecule has 1 aromatic heterocycles. The van der Waals surface area contributed by atoms with Gasteiger partial charge in [0.2, 0.25) is 0 Å². The fourth-order valence-corrected chi connectivity index (χ4v) is 2.93. The van der Waals surface area contributed by atoms with Gasteiger partial charge in [-0.15, -0.1) is 0 Å². The van der Waals surface area contributed by atoms with E-state index >= 15 is 0 Å². The van der Waals surface area contributed by atoms with Crippen LogP contribution in [0.5, 0.6) is 0 Å². The molecule has 1 heterocycles. The van der Waals surface area contributed by atoms with Crippen LogP contribution in [-0.4, -0.2) is 21.4 Å². The standard InChI is InChI=1S/C14H17F3N4O2/c1-20-11(10(7-18)12(22)21(2)13(20)23)19-9-5-3-4-8(6-9)14(15,16)17/h8-9,19H,3-6H2,1-2H3. The van der Waals surface area contributed by atoms with Crippen LogP contribution in [0.3, 0.4) is 0 Å². The number of nitriles is 1. The van der Waals surface area contributed by atoms with Crippen molar-refractivity contribution in [1.29, 1.82) is 5.26 Å². The van der Waals surface area contributed by atoms with Crippen LogP contribution < -0.4 is 16.6 Å². The van der Waals surface area contributed by atoms with Crippen molar-refractivity contribution >= 4 is 5.82 Å². The first-order valence-corrected chi connectivity index (χ1v) is 7.20. The van der Waals surface area contributed by atoms with Crippen LogP contribution in [0.15, 0.2) is 9.59 Å². The number of halogens is 3. The van der Waals surface area contributed by atoms with Crippen molar-refractivity contribution in [2.45, 2.75) is 37.9 Å². The van der Waals surface area contributed by atoms with E-state index in [0.717, 1.165) is 9.13 Å². The minimum absolute atomic E-state index is 0.0200. The van der Waals surface area contributed by atoms with Gasteiger partial charge in [0.05, 0.1) is 5.92 Å². The van der Waals surface area contributed by atoms with Gasteiger partial charge in [-0.1, -0.05) is 6.42 Å². The van der Waals surface area contributed by atoms with Gasteiger partial charge in [-0.3, -0.25) is 13.9 Å². The summed E-state index contributed by atoms with van der Waals surface area (Å²) in [5.41, 5.74) is -1.68. The van der Waals surface area contributed by atoms with E-state index in [1.807, 2.05) is 0 Å². The molecule has 126 valence electrons. The molecule has 0 aliphatic heterocycles. The molecule has 2 atom stereocenters. The molecule has 0 spiro atoms. The molecule has 0 amide bonds. The third-order valence-electron chi connectivity index (χ3n) is 4.25. The average molecular weight is 330 g/mol. The molecule has 1 N–H and O–H groups in total. The molecule has 0 aromatic carbocycles. The van der Waals surface area contributed by atoms with Gasteiger partial charge in [-0.05, 0) is 19.3 Å². The Bertz CT molecular complexity index is 757. The lowest BCUT2D eigenvalue weighted by Gasteiger charge is -2.32. The normalized spacial score (nSPS) is 21.7. The maximum Gasteiger partial charge on any atom is 0.391 e. The number of aromatic nitrogens is 2. The van der Waals surface area contributed by atoms with Crippen molar-refractivity contribution in [2.75, 3.05) is 5.32 Å². The second-order valence-electron chi connectivity index (χ2n) is 5.79. The Balaban J connectivity index is 2.36. The number of nitrogens with zero attached hydrogens (tertiary/aromatic N) is 3. The molecule has 2 unspecified atom stereocenters. The minimum Gasteiger partial charge on any atom is -0.367 e. The van der Waals surface area contributed by atoms with E-state index in [-0.39, 0.29) is 24.2 Å². The molecule has 9 heteroatoms. The summed E-state index contributed by atoms with van der Waals surface area (Å²) in [6, 6.07) is 1.18. The lowest BCUT2D eigenvalue weighted by atomic mass is 9.85. The van der Waals surface area contributed by atoms with E-state index in [2.05, 4.69) is 5.32 Å². The summed E-state index contributed by atoms with van der Waals surface area (Å²) in [5.74, 6) is -1.43. The molecule has 0 bridgehead atoms. The van der Waals surface area contributed by atoms with Gasteiger partial charge in [0.1, 0.15) is 11.9 Å². The highest BCUT2D eigenvalue weighted by Crippen LogP contribution is 2.38. The number of anilines is 1. The first-order chi connectivity index (χ1) is 10.7. The lowest BCUT2D eigenvalue weighted by Crippen LogP contribution is -2.42. The smallest absolute Gasteiger partial charge is 0.367 e. The predicted molar refractivity (Wildman–Crippen MR) is 77.1 cm³/mol. The third-order valence-corrected chi connectivity index (χ3v) is 4.25. The van der Waals surface area contributed by atoms with Crippen molar-refractivity contribution in [3.63, 3.8) is 0 Å². The van der Waals surface area contributed by atoms with Crippen LogP contribution >= 0.6 is 0 Å². The molecular weight excluding hydrogens is 313 g/mol. The highest BCUT2D eigenvalue weighted by Gasteiger charge is 2.42. The summed E-state index contributed by atoms with van der Waals surface area (Å²) in [6.45, 7) is 0. The molecule has 1 aromatic rings. The first kappa shape index (κ1) is 17.1. The fourth-order valence-electron chi connectivity index (χ4n) is 2.93. The molecule has 1 aliphatic carbocycles. The SMILES string of the molecule is Cn1c(NC2CCCC(C(F)(F)F)C2)c(C#N)c(=O)n(C)c1=O. The largest absolute Gasteiger partial charge is 0.391 e. The van der Waals surface area contributed by atoms with E-state index in [4.69, 9.17) is 5.26 Å². The van der Waals surface area contributed by atoms with E-state index in [1.165, 1.54) is 14.1 Å². The summed E-state index contributed by atoms with van der Waals surface area (Å²) in [5, 5.41) is 12.0. The Hall–Kier alpha value is -2.24. The zero-order chi connectivity index (χ0) is 17.4. The van der Waals surface area contributed by atoms with Gasteiger partial charge >= 0.3 is 11.9 Å². The number of hydrogen-bond donors (Lipinski definition) is 1. The van der Waals surface area contributed by atoms with Gasteiger partial charge < -0.3 is 5.32 Å². The Labute approximate surface area is 130 Å². The zero-order valence-electron chi connectivity index (χ0n) is 12.8. The van der Waals surface area contributed by atoms with Crippen LogP contribution in [0.25, 0.3) is 0 Å². The average Bonchev–Trinajstić information content (AvgIpc) is 2.50. The Morgan fingerprint density at radius 3 is 2.43 bits per heavy atom. The number of nitrogens with one attached hydrogen (secondary N) is 1. The van der Waals surface area contributed by atoms with Crippen LogP contribution in [0.1, 0.15) is 31.2 Å². The van der Waals surface area contributed by atoms with Crippen molar-refractivity contribution in [3.05, 3.63) is 26.4 Å². The van der Waals surface area contributed by atoms with E-state index < -0.39 is 29.4 Å². The molecule has 0 radical (unpaired) electrons. The van der Waals surface area contributed by atoms with Crippen molar-refractivity contribution in [3.8, 4) is 6.07 Å². The molecule has 6 nitrogen and oxygen atoms in total. The molecule has 2 rings (SSSR count). The molecular formula is C14H17F3N4O2. The molecule has 1 fully saturated rings. The van der Waals surface area contributed by atoms with Crippen molar-refractivity contribution in [1.82, 2.24) is 9.13 Å². The highest BCUT2D eigenvalue weighted by molar-refractivity contribution is 5.51. The second-order valence-corrected chi connectivity index (χ2v) is 5.79. The first-order valence-electron chi connectivity index (χ1n) is 7.20. The van der Waals surface area contributed by atoms with Crippen LogP contribution in [0.2, 0.25) is 0 Å². The van der Waals surface area contributed by atoms with Crippen LogP contribution in [-0.2, 0) is 14.1 Å². The topological polar surface area (TPSA) is 79.8 Å². The molecule has 1 saturated carbocycles. The molecule has 1 aliphatic rings. The summed E-state index contributed by atoms with van der Waals surface area (Å²) < 4.78 is 40.5. The van der Waals surface area contributed by atoms with Crippen molar-refractivity contribution in [2.24, 2.45) is 20.0 Å². The molecule has 23 heavy (non-hydrogen) atoms. The van der Waals surface area contributed by atoms with Crippen LogP contribution in [0, 0.1) is 17.2 Å². The van der Waals surface area contributed by atoms with Crippen LogP contribution in [0.4, 0.5) is 19.0 Å². The highest BCUT2D eigenvalue weighted by atomic mass is 19.4. The Morgan fingerprint density at radius 2 is 1.87 bits per heavy atom.